The molecule has 0 aromatic heterocycles. The van der Waals surface area contributed by atoms with Gasteiger partial charge in [-0.2, -0.15) is 0 Å². The standard InChI is InChI=1S/C25H18Cl2FNO4S/c1-32-21-7-2-4-16(23(21)33-14-15-8-10-17(28)11-9-15)12-22-24(30)29(25(31)34-22)13-18-19(26)5-3-6-20(18)27/h2-12H,13-14H2,1H3/b22-12-. The van der Waals surface area contributed by atoms with Crippen LogP contribution in [0.25, 0.3) is 6.08 Å². The fourth-order valence-electron chi connectivity index (χ4n) is 3.32. The molecule has 0 saturated carbocycles. The first-order valence-corrected chi connectivity index (χ1v) is 11.7. The predicted octanol–water partition coefficient (Wildman–Crippen LogP) is 6.96. The highest BCUT2D eigenvalue weighted by Gasteiger charge is 2.36. The summed E-state index contributed by atoms with van der Waals surface area (Å²) in [7, 11) is 1.51. The summed E-state index contributed by atoms with van der Waals surface area (Å²) in [6, 6.07) is 16.2. The number of halogens is 3. The highest BCUT2D eigenvalue weighted by molar-refractivity contribution is 8.18. The van der Waals surface area contributed by atoms with Crippen LogP contribution in [0.4, 0.5) is 9.18 Å². The lowest BCUT2D eigenvalue weighted by Crippen LogP contribution is -2.27. The van der Waals surface area contributed by atoms with Gasteiger partial charge in [0.2, 0.25) is 0 Å². The summed E-state index contributed by atoms with van der Waals surface area (Å²) in [6.07, 6.45) is 1.58. The van der Waals surface area contributed by atoms with Crippen LogP contribution in [0.3, 0.4) is 0 Å². The van der Waals surface area contributed by atoms with Crippen molar-refractivity contribution in [2.24, 2.45) is 0 Å². The molecule has 9 heteroatoms. The molecule has 0 radical (unpaired) electrons. The Bertz CT molecular complexity index is 1260. The number of carbonyl (C=O) groups excluding carboxylic acids is 2. The Balaban J connectivity index is 1.60. The number of thioether (sulfide) groups is 1. The third-order valence-electron chi connectivity index (χ3n) is 5.06. The van der Waals surface area contributed by atoms with E-state index < -0.39 is 11.1 Å². The van der Waals surface area contributed by atoms with Crippen molar-refractivity contribution in [3.05, 3.63) is 98.1 Å². The molecule has 4 rings (SSSR count). The zero-order chi connectivity index (χ0) is 24.2. The maximum Gasteiger partial charge on any atom is 0.293 e. The number of carbonyl (C=O) groups is 2. The van der Waals surface area contributed by atoms with E-state index in [1.807, 2.05) is 0 Å². The van der Waals surface area contributed by atoms with Crippen LogP contribution in [0.5, 0.6) is 11.5 Å². The fraction of sp³-hybridized carbons (Fsp3) is 0.120. The summed E-state index contributed by atoms with van der Waals surface area (Å²) in [5.41, 5.74) is 1.82. The van der Waals surface area contributed by atoms with E-state index >= 15 is 0 Å². The molecule has 0 unspecified atom stereocenters. The SMILES string of the molecule is COc1cccc(/C=C2\SC(=O)N(Cc3c(Cl)cccc3Cl)C2=O)c1OCc1ccc(F)cc1. The van der Waals surface area contributed by atoms with E-state index in [1.165, 1.54) is 19.2 Å². The number of hydrogen-bond donors (Lipinski definition) is 0. The van der Waals surface area contributed by atoms with Crippen LogP contribution < -0.4 is 9.47 Å². The summed E-state index contributed by atoms with van der Waals surface area (Å²) in [4.78, 5) is 27.0. The number of methoxy groups -OCH3 is 1. The number of amides is 2. The molecule has 2 amide bonds. The van der Waals surface area contributed by atoms with E-state index in [4.69, 9.17) is 32.7 Å². The van der Waals surface area contributed by atoms with Crippen molar-refractivity contribution in [3.63, 3.8) is 0 Å². The summed E-state index contributed by atoms with van der Waals surface area (Å²) in [5, 5.41) is 0.323. The smallest absolute Gasteiger partial charge is 0.293 e. The topological polar surface area (TPSA) is 55.8 Å². The summed E-state index contributed by atoms with van der Waals surface area (Å²) < 4.78 is 24.6. The van der Waals surface area contributed by atoms with Crippen LogP contribution in [-0.4, -0.2) is 23.2 Å². The Morgan fingerprint density at radius 2 is 1.68 bits per heavy atom. The van der Waals surface area contributed by atoms with Gasteiger partial charge in [-0.05, 0) is 53.7 Å². The molecule has 1 saturated heterocycles. The minimum atomic E-state index is -0.460. The maximum absolute atomic E-state index is 13.2. The lowest BCUT2D eigenvalue weighted by Gasteiger charge is -2.15. The van der Waals surface area contributed by atoms with Gasteiger partial charge in [-0.25, -0.2) is 4.39 Å². The maximum atomic E-state index is 13.2. The van der Waals surface area contributed by atoms with E-state index in [0.717, 1.165) is 22.2 Å². The zero-order valence-electron chi connectivity index (χ0n) is 17.9. The summed E-state index contributed by atoms with van der Waals surface area (Å²) >= 11 is 13.2. The lowest BCUT2D eigenvalue weighted by atomic mass is 10.1. The number of para-hydroxylation sites is 1. The molecule has 0 N–H and O–H groups in total. The highest BCUT2D eigenvalue weighted by Crippen LogP contribution is 2.39. The average molecular weight is 518 g/mol. The van der Waals surface area contributed by atoms with Crippen molar-refractivity contribution in [2.75, 3.05) is 7.11 Å². The minimum absolute atomic E-state index is 0.0352. The van der Waals surface area contributed by atoms with E-state index in [0.29, 0.717) is 32.7 Å². The Morgan fingerprint density at radius 3 is 2.35 bits per heavy atom. The number of hydrogen-bond acceptors (Lipinski definition) is 5. The first kappa shape index (κ1) is 24.1. The van der Waals surface area contributed by atoms with Crippen molar-refractivity contribution in [1.82, 2.24) is 4.90 Å². The van der Waals surface area contributed by atoms with Crippen LogP contribution in [0.15, 0.2) is 65.6 Å². The van der Waals surface area contributed by atoms with Gasteiger partial charge in [-0.15, -0.1) is 0 Å². The molecule has 5 nitrogen and oxygen atoms in total. The van der Waals surface area contributed by atoms with Gasteiger partial charge in [0.1, 0.15) is 12.4 Å². The molecule has 0 spiro atoms. The molecule has 0 atom stereocenters. The van der Waals surface area contributed by atoms with Crippen molar-refractivity contribution in [3.8, 4) is 11.5 Å². The molecule has 1 heterocycles. The van der Waals surface area contributed by atoms with Crippen LogP contribution in [0, 0.1) is 5.82 Å². The number of imide groups is 1. The van der Waals surface area contributed by atoms with Crippen molar-refractivity contribution in [1.29, 1.82) is 0 Å². The number of nitrogens with zero attached hydrogens (tertiary/aromatic N) is 1. The van der Waals surface area contributed by atoms with Gasteiger partial charge < -0.3 is 9.47 Å². The Kier molecular flexibility index (Phi) is 7.46. The normalized spacial score (nSPS) is 14.7. The van der Waals surface area contributed by atoms with Gasteiger partial charge in [0.15, 0.2) is 11.5 Å². The van der Waals surface area contributed by atoms with Crippen molar-refractivity contribution < 1.29 is 23.5 Å². The summed E-state index contributed by atoms with van der Waals surface area (Å²) in [5.74, 6) is 0.0574. The van der Waals surface area contributed by atoms with E-state index in [9.17, 15) is 14.0 Å². The van der Waals surface area contributed by atoms with E-state index in [1.54, 1.807) is 54.6 Å². The Labute approximate surface area is 210 Å². The third kappa shape index (κ3) is 5.22. The quantitative estimate of drug-likeness (QED) is 0.317. The zero-order valence-corrected chi connectivity index (χ0v) is 20.2. The minimum Gasteiger partial charge on any atom is -0.493 e. The second-order valence-electron chi connectivity index (χ2n) is 7.26. The second kappa shape index (κ2) is 10.5. The van der Waals surface area contributed by atoms with Gasteiger partial charge in [-0.3, -0.25) is 14.5 Å². The number of benzene rings is 3. The fourth-order valence-corrected chi connectivity index (χ4v) is 4.66. The molecule has 34 heavy (non-hydrogen) atoms. The van der Waals surface area contributed by atoms with Gasteiger partial charge >= 0.3 is 0 Å². The first-order valence-electron chi connectivity index (χ1n) is 10.1. The molecule has 1 aliphatic rings. The van der Waals surface area contributed by atoms with E-state index in [2.05, 4.69) is 0 Å². The molecular formula is C25H18Cl2FNO4S. The molecule has 3 aromatic rings. The van der Waals surface area contributed by atoms with Crippen molar-refractivity contribution in [2.45, 2.75) is 13.2 Å². The molecule has 1 aliphatic heterocycles. The number of rotatable bonds is 7. The van der Waals surface area contributed by atoms with Gasteiger partial charge in [-0.1, -0.05) is 53.5 Å². The second-order valence-corrected chi connectivity index (χ2v) is 9.07. The van der Waals surface area contributed by atoms with Crippen LogP contribution in [-0.2, 0) is 17.9 Å². The van der Waals surface area contributed by atoms with Gasteiger partial charge in [0.25, 0.3) is 11.1 Å². The molecular weight excluding hydrogens is 500 g/mol. The molecule has 174 valence electrons. The Hall–Kier alpha value is -3.00. The van der Waals surface area contributed by atoms with Crippen LogP contribution >= 0.6 is 35.0 Å². The van der Waals surface area contributed by atoms with Crippen LogP contribution in [0.1, 0.15) is 16.7 Å². The largest absolute Gasteiger partial charge is 0.493 e. The van der Waals surface area contributed by atoms with Gasteiger partial charge in [0, 0.05) is 21.2 Å². The highest BCUT2D eigenvalue weighted by atomic mass is 35.5. The lowest BCUT2D eigenvalue weighted by molar-refractivity contribution is -0.123. The molecule has 3 aromatic carbocycles. The predicted molar refractivity (Wildman–Crippen MR) is 132 cm³/mol. The van der Waals surface area contributed by atoms with Gasteiger partial charge in [0.05, 0.1) is 18.6 Å². The van der Waals surface area contributed by atoms with Crippen molar-refractivity contribution >= 4 is 52.2 Å². The molecule has 1 fully saturated rings. The number of ether oxygens (including phenoxy) is 2. The third-order valence-corrected chi connectivity index (χ3v) is 6.68. The van der Waals surface area contributed by atoms with E-state index in [-0.39, 0.29) is 23.9 Å². The Morgan fingerprint density at radius 1 is 1.00 bits per heavy atom. The first-order chi connectivity index (χ1) is 16.4. The molecule has 0 bridgehead atoms. The van der Waals surface area contributed by atoms with Crippen LogP contribution in [0.2, 0.25) is 10.0 Å². The average Bonchev–Trinajstić information content (AvgIpc) is 3.08. The molecule has 0 aliphatic carbocycles. The monoisotopic (exact) mass is 517 g/mol. The summed E-state index contributed by atoms with van der Waals surface area (Å²) in [6.45, 7) is 0.126.